The monoisotopic (exact) mass is 260 g/mol. The van der Waals surface area contributed by atoms with Crippen molar-refractivity contribution in [3.05, 3.63) is 0 Å². The lowest BCUT2D eigenvalue weighted by atomic mass is 10.1. The Morgan fingerprint density at radius 3 is 2.88 bits per heavy atom. The van der Waals surface area contributed by atoms with Crippen LogP contribution in [-0.4, -0.2) is 53.1 Å². The van der Waals surface area contributed by atoms with Gasteiger partial charge < -0.3 is 20.1 Å². The summed E-state index contributed by atoms with van der Waals surface area (Å²) >= 11 is 5.37. The van der Waals surface area contributed by atoms with Crippen LogP contribution in [0.25, 0.3) is 0 Å². The number of morpholine rings is 1. The van der Waals surface area contributed by atoms with Crippen LogP contribution in [0.4, 0.5) is 0 Å². The summed E-state index contributed by atoms with van der Waals surface area (Å²) < 4.78 is 5.75. The summed E-state index contributed by atoms with van der Waals surface area (Å²) in [6.07, 6.45) is 2.13. The van der Waals surface area contributed by atoms with E-state index in [9.17, 15) is 5.11 Å². The zero-order valence-corrected chi connectivity index (χ0v) is 11.8. The molecule has 0 aliphatic carbocycles. The maximum Gasteiger partial charge on any atom is 0.169 e. The first kappa shape index (κ1) is 14.7. The van der Waals surface area contributed by atoms with Crippen LogP contribution >= 0.6 is 12.2 Å². The average Bonchev–Trinajstić information content (AvgIpc) is 2.27. The van der Waals surface area contributed by atoms with Gasteiger partial charge in [0.1, 0.15) is 0 Å². The van der Waals surface area contributed by atoms with Gasteiger partial charge in [0.25, 0.3) is 0 Å². The zero-order chi connectivity index (χ0) is 12.9. The van der Waals surface area contributed by atoms with E-state index in [0.717, 1.165) is 31.0 Å². The van der Waals surface area contributed by atoms with Gasteiger partial charge in [0.05, 0.1) is 18.3 Å². The first-order valence-electron chi connectivity index (χ1n) is 6.30. The van der Waals surface area contributed by atoms with Crippen LogP contribution in [0.2, 0.25) is 0 Å². The molecule has 1 aliphatic rings. The molecule has 1 atom stereocenters. The van der Waals surface area contributed by atoms with E-state index in [4.69, 9.17) is 17.0 Å². The Kier molecular flexibility index (Phi) is 5.62. The molecule has 0 aromatic rings. The molecule has 1 fully saturated rings. The molecule has 0 saturated carbocycles. The second-order valence-electron chi connectivity index (χ2n) is 5.15. The second-order valence-corrected chi connectivity index (χ2v) is 5.53. The van der Waals surface area contributed by atoms with Gasteiger partial charge in [-0.3, -0.25) is 0 Å². The van der Waals surface area contributed by atoms with Crippen LogP contribution in [0.1, 0.15) is 33.6 Å². The fourth-order valence-electron chi connectivity index (χ4n) is 2.03. The highest BCUT2D eigenvalue weighted by Crippen LogP contribution is 2.20. The maximum atomic E-state index is 9.22. The van der Waals surface area contributed by atoms with Crippen LogP contribution in [-0.2, 0) is 4.74 Å². The van der Waals surface area contributed by atoms with Gasteiger partial charge in [-0.15, -0.1) is 0 Å². The van der Waals surface area contributed by atoms with Gasteiger partial charge in [-0.2, -0.15) is 0 Å². The maximum absolute atomic E-state index is 9.22. The molecular weight excluding hydrogens is 236 g/mol. The zero-order valence-electron chi connectivity index (χ0n) is 11.0. The first-order chi connectivity index (χ1) is 7.98. The normalized spacial score (nSPS) is 23.5. The van der Waals surface area contributed by atoms with Gasteiger partial charge in [-0.1, -0.05) is 13.3 Å². The van der Waals surface area contributed by atoms with Gasteiger partial charge in [-0.25, -0.2) is 0 Å². The van der Waals surface area contributed by atoms with Crippen molar-refractivity contribution in [3.8, 4) is 0 Å². The highest BCUT2D eigenvalue weighted by Gasteiger charge is 2.33. The van der Waals surface area contributed by atoms with E-state index in [2.05, 4.69) is 17.1 Å². The Bertz CT molecular complexity index is 259. The van der Waals surface area contributed by atoms with Gasteiger partial charge in [0.2, 0.25) is 0 Å². The van der Waals surface area contributed by atoms with Crippen LogP contribution in [0.3, 0.4) is 0 Å². The molecule has 1 aliphatic heterocycles. The van der Waals surface area contributed by atoms with E-state index in [1.807, 2.05) is 13.8 Å². The molecule has 5 heteroatoms. The number of unbranched alkanes of at least 4 members (excludes halogenated alkanes) is 1. The topological polar surface area (TPSA) is 44.7 Å². The van der Waals surface area contributed by atoms with Crippen molar-refractivity contribution >= 4 is 17.3 Å². The number of ether oxygens (including phenoxy) is 1. The SMILES string of the molecule is CCCCNC(=S)N1CC(CO)OC(C)(C)C1. The number of aliphatic hydroxyl groups is 1. The summed E-state index contributed by atoms with van der Waals surface area (Å²) in [5.41, 5.74) is -0.262. The molecule has 1 unspecified atom stereocenters. The lowest BCUT2D eigenvalue weighted by molar-refractivity contribution is -0.134. The molecule has 0 aromatic heterocycles. The van der Waals surface area contributed by atoms with E-state index in [1.165, 1.54) is 0 Å². The number of hydrogen-bond donors (Lipinski definition) is 2. The minimum atomic E-state index is -0.262. The summed E-state index contributed by atoms with van der Waals surface area (Å²) in [6.45, 7) is 8.59. The van der Waals surface area contributed by atoms with Crippen LogP contribution < -0.4 is 5.32 Å². The molecule has 100 valence electrons. The molecule has 0 spiro atoms. The molecule has 1 rings (SSSR count). The molecule has 0 radical (unpaired) electrons. The van der Waals surface area contributed by atoms with Gasteiger partial charge in [0.15, 0.2) is 5.11 Å². The Labute approximate surface area is 109 Å². The largest absolute Gasteiger partial charge is 0.394 e. The third-order valence-electron chi connectivity index (χ3n) is 2.78. The Hall–Kier alpha value is -0.390. The van der Waals surface area contributed by atoms with Gasteiger partial charge >= 0.3 is 0 Å². The molecule has 1 heterocycles. The molecule has 17 heavy (non-hydrogen) atoms. The highest BCUT2D eigenvalue weighted by molar-refractivity contribution is 7.80. The summed E-state index contributed by atoms with van der Waals surface area (Å²) in [5, 5.41) is 13.2. The number of nitrogens with one attached hydrogen (secondary N) is 1. The van der Waals surface area contributed by atoms with Crippen molar-refractivity contribution in [1.29, 1.82) is 0 Å². The van der Waals surface area contributed by atoms with Crippen LogP contribution in [0.15, 0.2) is 0 Å². The molecular formula is C12H24N2O2S. The van der Waals surface area contributed by atoms with E-state index in [1.54, 1.807) is 0 Å². The van der Waals surface area contributed by atoms with E-state index >= 15 is 0 Å². The molecule has 2 N–H and O–H groups in total. The molecule has 0 bridgehead atoms. The van der Waals surface area contributed by atoms with Crippen LogP contribution in [0, 0.1) is 0 Å². The lowest BCUT2D eigenvalue weighted by Crippen LogP contribution is -2.57. The predicted molar refractivity (Wildman–Crippen MR) is 73.1 cm³/mol. The third-order valence-corrected chi connectivity index (χ3v) is 3.18. The number of nitrogens with zero attached hydrogens (tertiary/aromatic N) is 1. The fourth-order valence-corrected chi connectivity index (χ4v) is 2.27. The van der Waals surface area contributed by atoms with Crippen molar-refractivity contribution < 1.29 is 9.84 Å². The Morgan fingerprint density at radius 1 is 1.59 bits per heavy atom. The lowest BCUT2D eigenvalue weighted by Gasteiger charge is -2.43. The highest BCUT2D eigenvalue weighted by atomic mass is 32.1. The second kappa shape index (κ2) is 6.52. The van der Waals surface area contributed by atoms with E-state index in [-0.39, 0.29) is 18.3 Å². The van der Waals surface area contributed by atoms with Gasteiger partial charge in [0, 0.05) is 19.6 Å². The van der Waals surface area contributed by atoms with Crippen molar-refractivity contribution in [1.82, 2.24) is 10.2 Å². The molecule has 0 aromatic carbocycles. The smallest absolute Gasteiger partial charge is 0.169 e. The number of aliphatic hydroxyl groups excluding tert-OH is 1. The summed E-state index contributed by atoms with van der Waals surface area (Å²) in [6, 6.07) is 0. The number of rotatable bonds is 4. The Morgan fingerprint density at radius 2 is 2.29 bits per heavy atom. The fraction of sp³-hybridized carbons (Fsp3) is 0.917. The van der Waals surface area contributed by atoms with Crippen molar-refractivity contribution in [2.45, 2.75) is 45.3 Å². The summed E-state index contributed by atoms with van der Waals surface area (Å²) in [4.78, 5) is 2.09. The first-order valence-corrected chi connectivity index (χ1v) is 6.71. The van der Waals surface area contributed by atoms with E-state index < -0.39 is 0 Å². The minimum absolute atomic E-state index is 0.0392. The summed E-state index contributed by atoms with van der Waals surface area (Å²) in [5.74, 6) is 0. The number of thiocarbonyl (C=S) groups is 1. The molecule has 1 saturated heterocycles. The minimum Gasteiger partial charge on any atom is -0.394 e. The quantitative estimate of drug-likeness (QED) is 0.586. The third kappa shape index (κ3) is 4.77. The molecule has 4 nitrogen and oxygen atoms in total. The summed E-state index contributed by atoms with van der Waals surface area (Å²) in [7, 11) is 0. The standard InChI is InChI=1S/C12H24N2O2S/c1-4-5-6-13-11(17)14-7-10(8-15)16-12(2,3)9-14/h10,15H,4-9H2,1-3H3,(H,13,17). The van der Waals surface area contributed by atoms with Crippen LogP contribution in [0.5, 0.6) is 0 Å². The van der Waals surface area contributed by atoms with Crippen molar-refractivity contribution in [2.75, 3.05) is 26.2 Å². The van der Waals surface area contributed by atoms with E-state index in [0.29, 0.717) is 6.54 Å². The molecule has 0 amide bonds. The van der Waals surface area contributed by atoms with Crippen molar-refractivity contribution in [3.63, 3.8) is 0 Å². The number of hydrogen-bond acceptors (Lipinski definition) is 3. The average molecular weight is 260 g/mol. The van der Waals surface area contributed by atoms with Gasteiger partial charge in [-0.05, 0) is 32.5 Å². The van der Waals surface area contributed by atoms with Crippen molar-refractivity contribution in [2.24, 2.45) is 0 Å². The Balaban J connectivity index is 2.48. The predicted octanol–water partition coefficient (Wildman–Crippen LogP) is 1.13.